The van der Waals surface area contributed by atoms with E-state index >= 15 is 0 Å². The molecule has 2 aromatic rings. The van der Waals surface area contributed by atoms with Gasteiger partial charge in [0.1, 0.15) is 11.6 Å². The molecule has 0 spiro atoms. The highest BCUT2D eigenvalue weighted by Crippen LogP contribution is 2.38. The predicted octanol–water partition coefficient (Wildman–Crippen LogP) is 3.73. The lowest BCUT2D eigenvalue weighted by Gasteiger charge is -2.29. The third-order valence-electron chi connectivity index (χ3n) is 5.01. The third-order valence-corrected chi connectivity index (χ3v) is 5.01. The normalized spacial score (nSPS) is 14.4. The maximum atomic E-state index is 14.3. The van der Waals surface area contributed by atoms with Crippen LogP contribution in [-0.4, -0.2) is 40.8 Å². The summed E-state index contributed by atoms with van der Waals surface area (Å²) in [6.45, 7) is 1.88. The molecule has 0 saturated carbocycles. The van der Waals surface area contributed by atoms with Crippen LogP contribution in [0.1, 0.15) is 29.5 Å². The zero-order valence-corrected chi connectivity index (χ0v) is 15.0. The zero-order chi connectivity index (χ0) is 19.7. The molecular weight excluding hydrogens is 353 g/mol. The fraction of sp³-hybridized carbons (Fsp3) is 0.300. The quantitative estimate of drug-likeness (QED) is 0.853. The second-order valence-electron chi connectivity index (χ2n) is 6.53. The Morgan fingerprint density at radius 3 is 2.52 bits per heavy atom. The third kappa shape index (κ3) is 3.45. The fourth-order valence-corrected chi connectivity index (χ4v) is 3.40. The van der Waals surface area contributed by atoms with E-state index < -0.39 is 18.0 Å². The van der Waals surface area contributed by atoms with Gasteiger partial charge in [0, 0.05) is 18.7 Å². The van der Waals surface area contributed by atoms with Gasteiger partial charge in [-0.2, -0.15) is 0 Å². The van der Waals surface area contributed by atoms with Crippen LogP contribution in [0.25, 0.3) is 11.1 Å². The Hall–Kier alpha value is -3.09. The first-order valence-corrected chi connectivity index (χ1v) is 8.52. The van der Waals surface area contributed by atoms with Crippen molar-refractivity contribution < 1.29 is 28.9 Å². The highest BCUT2D eigenvalue weighted by atomic mass is 19.1. The molecule has 1 aliphatic rings. The number of benzene rings is 2. The number of fused-ring (bicyclic) bond motifs is 1. The van der Waals surface area contributed by atoms with Crippen LogP contribution in [0.2, 0.25) is 0 Å². The first-order chi connectivity index (χ1) is 12.8. The van der Waals surface area contributed by atoms with Crippen LogP contribution in [0.3, 0.4) is 0 Å². The molecule has 1 heterocycles. The number of hydrogen-bond donors (Lipinski definition) is 2. The van der Waals surface area contributed by atoms with Gasteiger partial charge in [-0.1, -0.05) is 12.1 Å². The number of carbonyl (C=O) groups is 2. The number of rotatable bonds is 4. The number of carboxylic acids is 1. The molecule has 27 heavy (non-hydrogen) atoms. The van der Waals surface area contributed by atoms with Gasteiger partial charge in [0.25, 0.3) is 0 Å². The number of halogens is 1. The Bertz CT molecular complexity index is 911. The second kappa shape index (κ2) is 7.26. The number of aliphatic carboxylic acids is 1. The van der Waals surface area contributed by atoms with Crippen LogP contribution in [0.5, 0.6) is 5.75 Å². The van der Waals surface area contributed by atoms with E-state index in [4.69, 9.17) is 4.74 Å². The number of hydrogen-bond acceptors (Lipinski definition) is 3. The Kier molecular flexibility index (Phi) is 5.03. The summed E-state index contributed by atoms with van der Waals surface area (Å²) in [6, 6.07) is 8.02. The molecule has 1 amide bonds. The average molecular weight is 373 g/mol. The molecule has 0 radical (unpaired) electrons. The van der Waals surface area contributed by atoms with E-state index in [9.17, 15) is 24.2 Å². The van der Waals surface area contributed by atoms with Crippen molar-refractivity contribution in [3.8, 4) is 16.9 Å². The van der Waals surface area contributed by atoms with Crippen molar-refractivity contribution >= 4 is 12.1 Å². The summed E-state index contributed by atoms with van der Waals surface area (Å²) in [6.07, 6.45) is -0.773. The van der Waals surface area contributed by atoms with Crippen molar-refractivity contribution in [2.24, 2.45) is 0 Å². The number of methoxy groups -OCH3 is 1. The lowest BCUT2D eigenvalue weighted by molar-refractivity contribution is -0.138. The number of carboxylic acid groups (broad SMARTS) is 2. The average Bonchev–Trinajstić information content (AvgIpc) is 2.66. The van der Waals surface area contributed by atoms with Crippen LogP contribution in [0.15, 0.2) is 30.3 Å². The van der Waals surface area contributed by atoms with Crippen LogP contribution in [0, 0.1) is 5.82 Å². The molecule has 2 aromatic carbocycles. The summed E-state index contributed by atoms with van der Waals surface area (Å²) >= 11 is 0. The summed E-state index contributed by atoms with van der Waals surface area (Å²) in [4.78, 5) is 24.0. The van der Waals surface area contributed by atoms with Gasteiger partial charge in [0.15, 0.2) is 0 Å². The second-order valence-corrected chi connectivity index (χ2v) is 6.53. The molecule has 1 aliphatic heterocycles. The molecule has 0 bridgehead atoms. The molecule has 1 unspecified atom stereocenters. The molecule has 0 fully saturated rings. The maximum Gasteiger partial charge on any atom is 0.407 e. The van der Waals surface area contributed by atoms with E-state index in [-0.39, 0.29) is 25.3 Å². The van der Waals surface area contributed by atoms with Crippen molar-refractivity contribution in [3.05, 3.63) is 52.8 Å². The molecule has 6 nitrogen and oxygen atoms in total. The molecule has 0 saturated heterocycles. The van der Waals surface area contributed by atoms with Crippen LogP contribution < -0.4 is 4.74 Å². The van der Waals surface area contributed by atoms with Crippen LogP contribution in [-0.2, 0) is 17.8 Å². The van der Waals surface area contributed by atoms with Crippen molar-refractivity contribution in [1.29, 1.82) is 0 Å². The summed E-state index contributed by atoms with van der Waals surface area (Å²) in [5, 5.41) is 18.6. The summed E-state index contributed by atoms with van der Waals surface area (Å²) in [7, 11) is 1.50. The number of amides is 1. The Morgan fingerprint density at radius 1 is 1.15 bits per heavy atom. The van der Waals surface area contributed by atoms with Gasteiger partial charge in [-0.25, -0.2) is 9.18 Å². The van der Waals surface area contributed by atoms with Gasteiger partial charge < -0.3 is 19.8 Å². The minimum absolute atomic E-state index is 0.0691. The summed E-state index contributed by atoms with van der Waals surface area (Å²) in [5.74, 6) is -1.53. The Balaban J connectivity index is 2.18. The first-order valence-electron chi connectivity index (χ1n) is 8.52. The fourth-order valence-electron chi connectivity index (χ4n) is 3.40. The van der Waals surface area contributed by atoms with Gasteiger partial charge in [-0.05, 0) is 53.8 Å². The Labute approximate surface area is 155 Å². The first kappa shape index (κ1) is 18.7. The van der Waals surface area contributed by atoms with Gasteiger partial charge in [-0.15, -0.1) is 0 Å². The molecule has 7 heteroatoms. The summed E-state index contributed by atoms with van der Waals surface area (Å²) < 4.78 is 19.7. The lowest BCUT2D eigenvalue weighted by atomic mass is 9.88. The topological polar surface area (TPSA) is 87.1 Å². The lowest BCUT2D eigenvalue weighted by Crippen LogP contribution is -2.35. The van der Waals surface area contributed by atoms with Crippen molar-refractivity contribution in [3.63, 3.8) is 0 Å². The van der Waals surface area contributed by atoms with E-state index in [0.717, 1.165) is 0 Å². The number of nitrogens with zero attached hydrogens (tertiary/aromatic N) is 1. The monoisotopic (exact) mass is 373 g/mol. The molecule has 142 valence electrons. The van der Waals surface area contributed by atoms with E-state index in [1.165, 1.54) is 18.1 Å². The van der Waals surface area contributed by atoms with Crippen LogP contribution in [0.4, 0.5) is 9.18 Å². The van der Waals surface area contributed by atoms with Gasteiger partial charge in [0.05, 0.1) is 13.0 Å². The van der Waals surface area contributed by atoms with Gasteiger partial charge in [0.2, 0.25) is 0 Å². The highest BCUT2D eigenvalue weighted by Gasteiger charge is 2.26. The minimum Gasteiger partial charge on any atom is -0.496 e. The molecular formula is C20H20FNO5. The Morgan fingerprint density at radius 2 is 1.89 bits per heavy atom. The van der Waals surface area contributed by atoms with E-state index in [1.54, 1.807) is 31.2 Å². The van der Waals surface area contributed by atoms with Crippen molar-refractivity contribution in [2.45, 2.75) is 25.8 Å². The molecule has 0 aliphatic carbocycles. The highest BCUT2D eigenvalue weighted by molar-refractivity contribution is 5.80. The van der Waals surface area contributed by atoms with Crippen LogP contribution >= 0.6 is 0 Å². The smallest absolute Gasteiger partial charge is 0.407 e. The van der Waals surface area contributed by atoms with E-state index in [2.05, 4.69) is 0 Å². The maximum absolute atomic E-state index is 14.3. The zero-order valence-electron chi connectivity index (χ0n) is 15.0. The summed E-state index contributed by atoms with van der Waals surface area (Å²) in [5.41, 5.74) is 2.92. The van der Waals surface area contributed by atoms with E-state index in [0.29, 0.717) is 33.6 Å². The predicted molar refractivity (Wildman–Crippen MR) is 96.6 cm³/mol. The molecule has 0 aromatic heterocycles. The standard InChI is InChI=1S/C20H20FNO5/c1-11(19(23)24)12-3-6-18(27-2)15(9-12)13-4-5-17(21)14-7-8-22(20(25)26)10-16(13)14/h3-6,9,11H,7-8,10H2,1-2H3,(H,23,24)(H,25,26). The van der Waals surface area contributed by atoms with Crippen molar-refractivity contribution in [2.75, 3.05) is 13.7 Å². The van der Waals surface area contributed by atoms with E-state index in [1.807, 2.05) is 0 Å². The molecule has 2 N–H and O–H groups in total. The number of ether oxygens (including phenoxy) is 1. The SMILES string of the molecule is COc1ccc(C(C)C(=O)O)cc1-c1ccc(F)c2c1CN(C(=O)O)CC2. The molecule has 1 atom stereocenters. The molecule has 3 rings (SSSR count). The van der Waals surface area contributed by atoms with Gasteiger partial charge in [-0.3, -0.25) is 4.79 Å². The van der Waals surface area contributed by atoms with Crippen molar-refractivity contribution in [1.82, 2.24) is 4.90 Å². The largest absolute Gasteiger partial charge is 0.496 e. The van der Waals surface area contributed by atoms with Gasteiger partial charge >= 0.3 is 12.1 Å². The minimum atomic E-state index is -1.06.